The van der Waals surface area contributed by atoms with Gasteiger partial charge in [-0.1, -0.05) is 19.1 Å². The van der Waals surface area contributed by atoms with E-state index in [-0.39, 0.29) is 24.1 Å². The van der Waals surface area contributed by atoms with Crippen LogP contribution in [-0.2, 0) is 18.3 Å². The molecule has 6 nitrogen and oxygen atoms in total. The van der Waals surface area contributed by atoms with Crippen molar-refractivity contribution < 1.29 is 9.59 Å². The first-order valence-electron chi connectivity index (χ1n) is 7.43. The number of hydrogen-bond donors (Lipinski definition) is 1. The molecule has 0 saturated heterocycles. The summed E-state index contributed by atoms with van der Waals surface area (Å²) in [4.78, 5) is 26.9. The molecular weight excluding hydrogens is 316 g/mol. The van der Waals surface area contributed by atoms with Gasteiger partial charge < -0.3 is 5.32 Å². The first-order chi connectivity index (χ1) is 11.1. The molecular formula is C16H17ClN4O2. The Balaban J connectivity index is 2.30. The van der Waals surface area contributed by atoms with Gasteiger partial charge in [0.2, 0.25) is 5.91 Å². The molecule has 1 aliphatic rings. The van der Waals surface area contributed by atoms with Crippen LogP contribution < -0.4 is 10.2 Å². The molecule has 23 heavy (non-hydrogen) atoms. The number of anilines is 3. The second kappa shape index (κ2) is 6.04. The standard InChI is InChI=1S/C16H17ClN4O2/c1-3-10-14-15(20(2)19-10)16(23)18-11-6-4-5-7-12(11)21(14)13(22)8-9-17/h4-7H,3,8-9H2,1-2H3,(H,18,23). The zero-order valence-corrected chi connectivity index (χ0v) is 13.7. The molecule has 0 atom stereocenters. The number of fused-ring (bicyclic) bond motifs is 2. The lowest BCUT2D eigenvalue weighted by Gasteiger charge is -2.23. The highest BCUT2D eigenvalue weighted by atomic mass is 35.5. The normalized spacial score (nSPS) is 13.2. The van der Waals surface area contributed by atoms with Crippen molar-refractivity contribution in [1.29, 1.82) is 0 Å². The lowest BCUT2D eigenvalue weighted by molar-refractivity contribution is -0.117. The Morgan fingerprint density at radius 3 is 2.78 bits per heavy atom. The van der Waals surface area contributed by atoms with E-state index in [1.165, 1.54) is 4.68 Å². The summed E-state index contributed by atoms with van der Waals surface area (Å²) in [6.45, 7) is 1.95. The molecule has 7 heteroatoms. The van der Waals surface area contributed by atoms with Gasteiger partial charge in [0.25, 0.3) is 5.91 Å². The van der Waals surface area contributed by atoms with Gasteiger partial charge in [-0.2, -0.15) is 5.10 Å². The molecule has 0 spiro atoms. The van der Waals surface area contributed by atoms with E-state index in [0.29, 0.717) is 34.9 Å². The van der Waals surface area contributed by atoms with E-state index < -0.39 is 0 Å². The minimum atomic E-state index is -0.275. The maximum absolute atomic E-state index is 12.7. The molecule has 1 N–H and O–H groups in total. The van der Waals surface area contributed by atoms with Gasteiger partial charge in [-0.25, -0.2) is 0 Å². The van der Waals surface area contributed by atoms with Crippen molar-refractivity contribution in [2.75, 3.05) is 16.1 Å². The first kappa shape index (κ1) is 15.6. The molecule has 1 aromatic heterocycles. The van der Waals surface area contributed by atoms with E-state index in [1.807, 2.05) is 25.1 Å². The van der Waals surface area contributed by atoms with Crippen LogP contribution >= 0.6 is 11.6 Å². The summed E-state index contributed by atoms with van der Waals surface area (Å²) >= 11 is 5.77. The number of benzene rings is 1. The van der Waals surface area contributed by atoms with Crippen molar-refractivity contribution in [1.82, 2.24) is 9.78 Å². The topological polar surface area (TPSA) is 67.2 Å². The quantitative estimate of drug-likeness (QED) is 0.879. The summed E-state index contributed by atoms with van der Waals surface area (Å²) in [7, 11) is 1.71. The lowest BCUT2D eigenvalue weighted by atomic mass is 10.1. The average molecular weight is 333 g/mol. The summed E-state index contributed by atoms with van der Waals surface area (Å²) in [5.74, 6) is -0.216. The highest BCUT2D eigenvalue weighted by Crippen LogP contribution is 2.40. The van der Waals surface area contributed by atoms with Crippen molar-refractivity contribution in [2.24, 2.45) is 7.05 Å². The smallest absolute Gasteiger partial charge is 0.276 e. The molecule has 0 bridgehead atoms. The Morgan fingerprint density at radius 2 is 2.09 bits per heavy atom. The van der Waals surface area contributed by atoms with Crippen LogP contribution in [0.1, 0.15) is 29.5 Å². The fraction of sp³-hybridized carbons (Fsp3) is 0.312. The van der Waals surface area contributed by atoms with E-state index in [2.05, 4.69) is 10.4 Å². The molecule has 0 saturated carbocycles. The van der Waals surface area contributed by atoms with Crippen LogP contribution in [-0.4, -0.2) is 27.5 Å². The Hall–Kier alpha value is -2.34. The highest BCUT2D eigenvalue weighted by Gasteiger charge is 2.34. The lowest BCUT2D eigenvalue weighted by Crippen LogP contribution is -2.27. The molecule has 0 radical (unpaired) electrons. The van der Waals surface area contributed by atoms with Crippen molar-refractivity contribution in [2.45, 2.75) is 19.8 Å². The number of nitrogens with one attached hydrogen (secondary N) is 1. The minimum Gasteiger partial charge on any atom is -0.319 e. The van der Waals surface area contributed by atoms with Gasteiger partial charge in [0.15, 0.2) is 5.69 Å². The number of carbonyl (C=O) groups is 2. The predicted octanol–water partition coefficient (Wildman–Crippen LogP) is 2.84. The van der Waals surface area contributed by atoms with Crippen LogP contribution in [0.2, 0.25) is 0 Å². The van der Waals surface area contributed by atoms with E-state index in [4.69, 9.17) is 11.6 Å². The summed E-state index contributed by atoms with van der Waals surface area (Å²) in [5, 5.41) is 7.25. The molecule has 0 fully saturated rings. The number of aryl methyl sites for hydroxylation is 2. The molecule has 2 amide bonds. The predicted molar refractivity (Wildman–Crippen MR) is 89.5 cm³/mol. The summed E-state index contributed by atoms with van der Waals surface area (Å²) in [5.41, 5.74) is 2.86. The SMILES string of the molecule is CCc1nn(C)c2c1N(C(=O)CCCl)c1ccccc1NC2=O. The van der Waals surface area contributed by atoms with Crippen LogP contribution in [0.4, 0.5) is 17.1 Å². The van der Waals surface area contributed by atoms with E-state index >= 15 is 0 Å². The van der Waals surface area contributed by atoms with Gasteiger partial charge in [-0.3, -0.25) is 19.2 Å². The van der Waals surface area contributed by atoms with Gasteiger partial charge in [0.05, 0.1) is 17.1 Å². The number of amides is 2. The second-order valence-electron chi connectivity index (χ2n) is 5.26. The molecule has 3 rings (SSSR count). The van der Waals surface area contributed by atoms with Crippen molar-refractivity contribution in [3.8, 4) is 0 Å². The van der Waals surface area contributed by atoms with Crippen molar-refractivity contribution in [3.63, 3.8) is 0 Å². The third kappa shape index (κ3) is 2.49. The maximum Gasteiger partial charge on any atom is 0.276 e. The first-order valence-corrected chi connectivity index (χ1v) is 7.97. The average Bonchev–Trinajstić information content (AvgIpc) is 2.78. The number of alkyl halides is 1. The largest absolute Gasteiger partial charge is 0.319 e. The highest BCUT2D eigenvalue weighted by molar-refractivity contribution is 6.21. The summed E-state index contributed by atoms with van der Waals surface area (Å²) < 4.78 is 1.52. The number of nitrogens with zero attached hydrogens (tertiary/aromatic N) is 3. The van der Waals surface area contributed by atoms with Crippen LogP contribution in [0, 0.1) is 0 Å². The number of halogens is 1. The van der Waals surface area contributed by atoms with Crippen molar-refractivity contribution in [3.05, 3.63) is 35.7 Å². The fourth-order valence-corrected chi connectivity index (χ4v) is 2.99. The maximum atomic E-state index is 12.7. The van der Waals surface area contributed by atoms with Crippen LogP contribution in [0.3, 0.4) is 0 Å². The molecule has 2 heterocycles. The Labute approximate surface area is 139 Å². The van der Waals surface area contributed by atoms with Crippen molar-refractivity contribution >= 4 is 40.5 Å². The van der Waals surface area contributed by atoms with E-state index in [9.17, 15) is 9.59 Å². The Morgan fingerprint density at radius 1 is 1.35 bits per heavy atom. The van der Waals surface area contributed by atoms with Gasteiger partial charge in [0, 0.05) is 19.3 Å². The zero-order chi connectivity index (χ0) is 16.6. The van der Waals surface area contributed by atoms with Gasteiger partial charge in [0.1, 0.15) is 5.69 Å². The summed E-state index contributed by atoms with van der Waals surface area (Å²) in [6.07, 6.45) is 0.796. The van der Waals surface area contributed by atoms with Crippen LogP contribution in [0.15, 0.2) is 24.3 Å². The van der Waals surface area contributed by atoms with Crippen LogP contribution in [0.25, 0.3) is 0 Å². The third-order valence-electron chi connectivity index (χ3n) is 3.82. The van der Waals surface area contributed by atoms with E-state index in [1.54, 1.807) is 18.0 Å². The third-order valence-corrected chi connectivity index (χ3v) is 4.01. The molecule has 2 aromatic rings. The number of carbonyl (C=O) groups excluding carboxylic acids is 2. The molecule has 120 valence electrons. The molecule has 0 aliphatic carbocycles. The number of aromatic nitrogens is 2. The number of rotatable bonds is 3. The van der Waals surface area contributed by atoms with E-state index in [0.717, 1.165) is 0 Å². The molecule has 1 aromatic carbocycles. The zero-order valence-electron chi connectivity index (χ0n) is 13.0. The summed E-state index contributed by atoms with van der Waals surface area (Å²) in [6, 6.07) is 7.24. The van der Waals surface area contributed by atoms with Gasteiger partial charge >= 0.3 is 0 Å². The second-order valence-corrected chi connectivity index (χ2v) is 5.64. The van der Waals surface area contributed by atoms with Crippen LogP contribution in [0.5, 0.6) is 0 Å². The monoisotopic (exact) mass is 332 g/mol. The molecule has 1 aliphatic heterocycles. The Kier molecular flexibility index (Phi) is 4.09. The fourth-order valence-electron chi connectivity index (χ4n) is 2.82. The van der Waals surface area contributed by atoms with Gasteiger partial charge in [-0.05, 0) is 18.6 Å². The number of para-hydroxylation sites is 2. The number of hydrogen-bond acceptors (Lipinski definition) is 3. The minimum absolute atomic E-state index is 0.159. The van der Waals surface area contributed by atoms with Gasteiger partial charge in [-0.15, -0.1) is 11.6 Å². The molecule has 0 unspecified atom stereocenters. The Bertz CT molecular complexity index is 784.